The predicted octanol–water partition coefficient (Wildman–Crippen LogP) is 2.04. The molecule has 0 aromatic carbocycles. The van der Waals surface area contributed by atoms with Crippen LogP contribution in [0, 0.1) is 17.0 Å². The van der Waals surface area contributed by atoms with Gasteiger partial charge < -0.3 is 10.0 Å². The highest BCUT2D eigenvalue weighted by atomic mass is 16.6. The van der Waals surface area contributed by atoms with E-state index in [0.717, 1.165) is 18.7 Å². The molecule has 0 saturated heterocycles. The van der Waals surface area contributed by atoms with Crippen LogP contribution in [0.1, 0.15) is 31.4 Å². The predicted molar refractivity (Wildman–Crippen MR) is 72.3 cm³/mol. The van der Waals surface area contributed by atoms with Crippen molar-refractivity contribution >= 4 is 11.5 Å². The first-order valence-corrected chi connectivity index (χ1v) is 6.63. The molecule has 6 nitrogen and oxygen atoms in total. The minimum Gasteiger partial charge on any atom is -0.395 e. The van der Waals surface area contributed by atoms with Crippen LogP contribution in [-0.4, -0.2) is 34.2 Å². The lowest BCUT2D eigenvalue weighted by Crippen LogP contribution is -2.36. The zero-order chi connectivity index (χ0) is 13.8. The van der Waals surface area contributed by atoms with Gasteiger partial charge in [0.2, 0.25) is 0 Å². The van der Waals surface area contributed by atoms with E-state index in [9.17, 15) is 15.2 Å². The molecule has 0 amide bonds. The first-order valence-electron chi connectivity index (χ1n) is 6.63. The molecule has 1 aromatic rings. The molecular weight excluding hydrogens is 246 g/mol. The number of nitro groups is 1. The van der Waals surface area contributed by atoms with Crippen LogP contribution in [0.2, 0.25) is 0 Å². The van der Waals surface area contributed by atoms with Crippen molar-refractivity contribution in [2.75, 3.05) is 18.1 Å². The highest BCUT2D eigenvalue weighted by molar-refractivity contribution is 5.47. The molecule has 1 N–H and O–H groups in total. The Morgan fingerprint density at radius 3 is 2.68 bits per heavy atom. The van der Waals surface area contributed by atoms with Crippen molar-refractivity contribution in [1.82, 2.24) is 4.98 Å². The molecule has 104 valence electrons. The van der Waals surface area contributed by atoms with Gasteiger partial charge in [0.25, 0.3) is 5.69 Å². The van der Waals surface area contributed by atoms with Crippen molar-refractivity contribution in [3.05, 3.63) is 27.9 Å². The van der Waals surface area contributed by atoms with E-state index in [-0.39, 0.29) is 12.3 Å². The minimum absolute atomic E-state index is 0.0409. The van der Waals surface area contributed by atoms with Gasteiger partial charge in [-0.25, -0.2) is 4.98 Å². The first kappa shape index (κ1) is 13.7. The van der Waals surface area contributed by atoms with Crippen LogP contribution in [-0.2, 0) is 0 Å². The lowest BCUT2D eigenvalue weighted by atomic mass is 10.2. The van der Waals surface area contributed by atoms with Crippen LogP contribution >= 0.6 is 0 Å². The van der Waals surface area contributed by atoms with Crippen molar-refractivity contribution in [1.29, 1.82) is 0 Å². The van der Waals surface area contributed by atoms with Gasteiger partial charge in [0.1, 0.15) is 11.5 Å². The van der Waals surface area contributed by atoms with Crippen molar-refractivity contribution in [2.45, 2.75) is 38.6 Å². The molecule has 1 fully saturated rings. The maximum absolute atomic E-state index is 10.8. The van der Waals surface area contributed by atoms with Gasteiger partial charge in [0.05, 0.1) is 11.5 Å². The number of hydrogen-bond donors (Lipinski definition) is 1. The van der Waals surface area contributed by atoms with Gasteiger partial charge in [-0.3, -0.25) is 10.1 Å². The molecule has 0 aliphatic heterocycles. The van der Waals surface area contributed by atoms with E-state index < -0.39 is 4.92 Å². The molecule has 1 aliphatic rings. The fraction of sp³-hybridized carbons (Fsp3) is 0.615. The van der Waals surface area contributed by atoms with E-state index in [4.69, 9.17) is 0 Å². The van der Waals surface area contributed by atoms with Crippen molar-refractivity contribution in [3.63, 3.8) is 0 Å². The molecule has 0 unspecified atom stereocenters. The van der Waals surface area contributed by atoms with E-state index in [1.165, 1.54) is 18.9 Å². The molecule has 0 spiro atoms. The average molecular weight is 265 g/mol. The number of pyridine rings is 1. The van der Waals surface area contributed by atoms with E-state index in [2.05, 4.69) is 9.88 Å². The summed E-state index contributed by atoms with van der Waals surface area (Å²) < 4.78 is 0. The number of aliphatic hydroxyl groups excluding tert-OH is 1. The normalized spacial score (nSPS) is 15.7. The Morgan fingerprint density at radius 1 is 1.47 bits per heavy atom. The summed E-state index contributed by atoms with van der Waals surface area (Å²) in [4.78, 5) is 16.8. The lowest BCUT2D eigenvalue weighted by Gasteiger charge is -2.29. The van der Waals surface area contributed by atoms with E-state index in [1.54, 1.807) is 13.0 Å². The van der Waals surface area contributed by atoms with Crippen molar-refractivity contribution in [3.8, 4) is 0 Å². The Morgan fingerprint density at radius 2 is 2.16 bits per heavy atom. The van der Waals surface area contributed by atoms with Gasteiger partial charge in [-0.15, -0.1) is 0 Å². The Balaban J connectivity index is 2.26. The standard InChI is InChI=1S/C13H19N3O3/c1-10-12(16(18)19)6-7-13(14-10)15(8-9-17)11-4-2-3-5-11/h6-7,11,17H,2-5,8-9H2,1H3. The Labute approximate surface area is 112 Å². The van der Waals surface area contributed by atoms with Gasteiger partial charge in [0, 0.05) is 18.7 Å². The van der Waals surface area contributed by atoms with Gasteiger partial charge in [-0.1, -0.05) is 12.8 Å². The number of rotatable bonds is 5. The highest BCUT2D eigenvalue weighted by Crippen LogP contribution is 2.28. The van der Waals surface area contributed by atoms with Gasteiger partial charge in [0.15, 0.2) is 0 Å². The summed E-state index contributed by atoms with van der Waals surface area (Å²) in [7, 11) is 0. The molecule has 1 saturated carbocycles. The lowest BCUT2D eigenvalue weighted by molar-refractivity contribution is -0.385. The maximum Gasteiger partial charge on any atom is 0.290 e. The van der Waals surface area contributed by atoms with Crippen LogP contribution < -0.4 is 4.90 Å². The Bertz CT molecular complexity index is 458. The van der Waals surface area contributed by atoms with Gasteiger partial charge in [-0.05, 0) is 25.8 Å². The van der Waals surface area contributed by atoms with Gasteiger partial charge >= 0.3 is 0 Å². The topological polar surface area (TPSA) is 79.5 Å². The maximum atomic E-state index is 10.8. The molecule has 19 heavy (non-hydrogen) atoms. The molecule has 0 bridgehead atoms. The number of aryl methyl sites for hydroxylation is 1. The second-order valence-corrected chi connectivity index (χ2v) is 4.89. The summed E-state index contributed by atoms with van der Waals surface area (Å²) in [5, 5.41) is 20.0. The molecule has 2 rings (SSSR count). The smallest absolute Gasteiger partial charge is 0.290 e. The van der Waals surface area contributed by atoms with Crippen molar-refractivity contribution in [2.24, 2.45) is 0 Å². The molecule has 1 aromatic heterocycles. The second-order valence-electron chi connectivity index (χ2n) is 4.89. The molecule has 0 radical (unpaired) electrons. The van der Waals surface area contributed by atoms with E-state index in [0.29, 0.717) is 18.3 Å². The number of anilines is 1. The van der Waals surface area contributed by atoms with Gasteiger partial charge in [-0.2, -0.15) is 0 Å². The minimum atomic E-state index is -0.419. The molecular formula is C13H19N3O3. The summed E-state index contributed by atoms with van der Waals surface area (Å²) in [5.41, 5.74) is 0.461. The number of hydrogen-bond acceptors (Lipinski definition) is 5. The summed E-state index contributed by atoms with van der Waals surface area (Å²) in [6.45, 7) is 2.23. The zero-order valence-corrected chi connectivity index (χ0v) is 11.1. The van der Waals surface area contributed by atoms with Crippen LogP contribution in [0.25, 0.3) is 0 Å². The Kier molecular flexibility index (Phi) is 4.31. The van der Waals surface area contributed by atoms with E-state index in [1.807, 2.05) is 0 Å². The average Bonchev–Trinajstić information content (AvgIpc) is 2.89. The van der Waals surface area contributed by atoms with Crippen LogP contribution in [0.4, 0.5) is 11.5 Å². The summed E-state index contributed by atoms with van der Waals surface area (Å²) in [6.07, 6.45) is 4.58. The Hall–Kier alpha value is -1.69. The summed E-state index contributed by atoms with van der Waals surface area (Å²) in [6, 6.07) is 3.57. The molecule has 0 atom stereocenters. The number of nitrogens with zero attached hydrogens (tertiary/aromatic N) is 3. The molecule has 1 aliphatic carbocycles. The van der Waals surface area contributed by atoms with Crippen LogP contribution in [0.15, 0.2) is 12.1 Å². The quantitative estimate of drug-likeness (QED) is 0.651. The third-order valence-electron chi connectivity index (χ3n) is 3.64. The number of aliphatic hydroxyl groups is 1. The summed E-state index contributed by atoms with van der Waals surface area (Å²) in [5.74, 6) is 0.726. The van der Waals surface area contributed by atoms with Crippen molar-refractivity contribution < 1.29 is 10.0 Å². The third kappa shape index (κ3) is 3.01. The second kappa shape index (κ2) is 5.97. The monoisotopic (exact) mass is 265 g/mol. The molecule has 1 heterocycles. The largest absolute Gasteiger partial charge is 0.395 e. The van der Waals surface area contributed by atoms with Crippen LogP contribution in [0.3, 0.4) is 0 Å². The molecule has 6 heteroatoms. The summed E-state index contributed by atoms with van der Waals surface area (Å²) >= 11 is 0. The fourth-order valence-electron chi connectivity index (χ4n) is 2.70. The first-order chi connectivity index (χ1) is 9.13. The highest BCUT2D eigenvalue weighted by Gasteiger charge is 2.24. The third-order valence-corrected chi connectivity index (χ3v) is 3.64. The number of aromatic nitrogens is 1. The zero-order valence-electron chi connectivity index (χ0n) is 11.1. The SMILES string of the molecule is Cc1nc(N(CCO)C2CCCC2)ccc1[N+](=O)[O-]. The van der Waals surface area contributed by atoms with Crippen LogP contribution in [0.5, 0.6) is 0 Å². The fourth-order valence-corrected chi connectivity index (χ4v) is 2.70. The van der Waals surface area contributed by atoms with E-state index >= 15 is 0 Å².